The molecule has 0 unspecified atom stereocenters. The molecule has 94 valence electrons. The van der Waals surface area contributed by atoms with E-state index in [4.69, 9.17) is 0 Å². The number of carbonyl (C=O) groups is 1. The van der Waals surface area contributed by atoms with Crippen LogP contribution in [0.3, 0.4) is 0 Å². The van der Waals surface area contributed by atoms with Gasteiger partial charge in [-0.05, 0) is 53.3 Å². The lowest BCUT2D eigenvalue weighted by atomic mass is 9.82. The van der Waals surface area contributed by atoms with Crippen LogP contribution in [0, 0.1) is 8.30 Å². The molecule has 2 rings (SSSR count). The Labute approximate surface area is 121 Å². The monoisotopic (exact) mass is 363 g/mol. The fourth-order valence-electron chi connectivity index (χ4n) is 2.54. The minimum atomic E-state index is 0.216. The van der Waals surface area contributed by atoms with Gasteiger partial charge in [0.1, 0.15) is 0 Å². The summed E-state index contributed by atoms with van der Waals surface area (Å²) in [4.78, 5) is 14.3. The maximum Gasteiger partial charge on any atom is 0.254 e. The Morgan fingerprint density at radius 1 is 1.53 bits per heavy atom. The summed E-state index contributed by atoms with van der Waals surface area (Å²) >= 11 is 3.91. The lowest BCUT2D eigenvalue weighted by Crippen LogP contribution is -2.31. The summed E-state index contributed by atoms with van der Waals surface area (Å²) in [6.45, 7) is 6.34. The Hall–Kier alpha value is -0.100. The predicted molar refractivity (Wildman–Crippen MR) is 80.6 cm³/mol. The van der Waals surface area contributed by atoms with Crippen LogP contribution in [0.4, 0.5) is 0 Å². The molecule has 0 spiro atoms. The fourth-order valence-corrected chi connectivity index (χ4v) is 3.86. The summed E-state index contributed by atoms with van der Waals surface area (Å²) < 4.78 is 1.18. The summed E-state index contributed by atoms with van der Waals surface area (Å²) in [6, 6.07) is 1.99. The van der Waals surface area contributed by atoms with E-state index in [1.807, 2.05) is 16.3 Å². The fraction of sp³-hybridized carbons (Fsp3) is 0.615. The molecule has 0 aliphatic carbocycles. The second-order valence-electron chi connectivity index (χ2n) is 4.82. The Kier molecular flexibility index (Phi) is 4.13. The van der Waals surface area contributed by atoms with Crippen LogP contribution in [0.1, 0.15) is 43.5 Å². The molecular weight excluding hydrogens is 345 g/mol. The van der Waals surface area contributed by atoms with Gasteiger partial charge in [0.05, 0.1) is 8.45 Å². The molecule has 0 saturated carbocycles. The largest absolute Gasteiger partial charge is 0.338 e. The molecule has 1 fully saturated rings. The third-order valence-electron chi connectivity index (χ3n) is 4.04. The van der Waals surface area contributed by atoms with E-state index in [1.165, 1.54) is 15.7 Å². The molecule has 2 nitrogen and oxygen atoms in total. The molecule has 1 amide bonds. The predicted octanol–water partition coefficient (Wildman–Crippen LogP) is 4.01. The normalized spacial score (nSPS) is 18.6. The lowest BCUT2D eigenvalue weighted by molar-refractivity contribution is 0.0770. The first-order valence-electron chi connectivity index (χ1n) is 6.13. The highest BCUT2D eigenvalue weighted by Gasteiger charge is 2.37. The molecule has 2 heterocycles. The van der Waals surface area contributed by atoms with Crippen molar-refractivity contribution >= 4 is 39.8 Å². The van der Waals surface area contributed by atoms with Crippen LogP contribution < -0.4 is 0 Å². The van der Waals surface area contributed by atoms with E-state index < -0.39 is 0 Å². The van der Waals surface area contributed by atoms with Gasteiger partial charge in [0.2, 0.25) is 0 Å². The SMILES string of the molecule is CCC1(CC)CCN(C(=O)c2csc(I)c2)C1. The Morgan fingerprint density at radius 3 is 2.71 bits per heavy atom. The van der Waals surface area contributed by atoms with Crippen molar-refractivity contribution in [3.63, 3.8) is 0 Å². The van der Waals surface area contributed by atoms with E-state index in [2.05, 4.69) is 36.4 Å². The maximum absolute atomic E-state index is 12.3. The van der Waals surface area contributed by atoms with Crippen LogP contribution in [0.25, 0.3) is 0 Å². The molecular formula is C13H18INOS. The quantitative estimate of drug-likeness (QED) is 0.744. The average Bonchev–Trinajstić information content (AvgIpc) is 2.95. The summed E-state index contributed by atoms with van der Waals surface area (Å²) in [5.41, 5.74) is 1.24. The van der Waals surface area contributed by atoms with Gasteiger partial charge in [0.25, 0.3) is 5.91 Å². The zero-order valence-electron chi connectivity index (χ0n) is 10.3. The molecule has 1 saturated heterocycles. The molecule has 0 atom stereocenters. The van der Waals surface area contributed by atoms with Crippen LogP contribution in [0.2, 0.25) is 0 Å². The van der Waals surface area contributed by atoms with Crippen LogP contribution >= 0.6 is 33.9 Å². The number of amides is 1. The first kappa shape index (κ1) is 13.3. The van der Waals surface area contributed by atoms with Crippen LogP contribution in [-0.4, -0.2) is 23.9 Å². The standard InChI is InChI=1S/C13H18INOS/c1-3-13(4-2)5-6-15(9-13)12(16)10-7-11(14)17-8-10/h7-8H,3-6,9H2,1-2H3. The van der Waals surface area contributed by atoms with E-state index in [1.54, 1.807) is 11.3 Å². The van der Waals surface area contributed by atoms with Crippen molar-refractivity contribution in [1.29, 1.82) is 0 Å². The lowest BCUT2D eigenvalue weighted by Gasteiger charge is -2.26. The third-order valence-corrected chi connectivity index (χ3v) is 5.83. The zero-order chi connectivity index (χ0) is 12.5. The molecule has 1 aliphatic rings. The van der Waals surface area contributed by atoms with Gasteiger partial charge >= 0.3 is 0 Å². The van der Waals surface area contributed by atoms with Gasteiger partial charge in [-0.2, -0.15) is 0 Å². The Balaban J connectivity index is 2.08. The minimum Gasteiger partial charge on any atom is -0.338 e. The highest BCUT2D eigenvalue weighted by atomic mass is 127. The number of likely N-dealkylation sites (tertiary alicyclic amines) is 1. The molecule has 1 aliphatic heterocycles. The van der Waals surface area contributed by atoms with Gasteiger partial charge in [-0.15, -0.1) is 11.3 Å². The number of carbonyl (C=O) groups excluding carboxylic acids is 1. The summed E-state index contributed by atoms with van der Waals surface area (Å²) in [7, 11) is 0. The van der Waals surface area contributed by atoms with Crippen molar-refractivity contribution in [3.8, 4) is 0 Å². The highest BCUT2D eigenvalue weighted by molar-refractivity contribution is 14.1. The molecule has 1 aromatic rings. The van der Waals surface area contributed by atoms with Gasteiger partial charge in [-0.3, -0.25) is 4.79 Å². The number of thiophene rings is 1. The summed E-state index contributed by atoms with van der Waals surface area (Å²) in [5, 5.41) is 1.97. The Bertz CT molecular complexity index is 411. The van der Waals surface area contributed by atoms with Gasteiger partial charge in [-0.25, -0.2) is 0 Å². The first-order valence-corrected chi connectivity index (χ1v) is 8.09. The van der Waals surface area contributed by atoms with Crippen LogP contribution in [0.15, 0.2) is 11.4 Å². The van der Waals surface area contributed by atoms with E-state index in [9.17, 15) is 4.79 Å². The molecule has 4 heteroatoms. The van der Waals surface area contributed by atoms with Crippen LogP contribution in [-0.2, 0) is 0 Å². The molecule has 0 bridgehead atoms. The second kappa shape index (κ2) is 5.26. The molecule has 0 N–H and O–H groups in total. The van der Waals surface area contributed by atoms with Crippen molar-refractivity contribution in [3.05, 3.63) is 19.9 Å². The van der Waals surface area contributed by atoms with Gasteiger partial charge in [0.15, 0.2) is 0 Å². The number of hydrogen-bond acceptors (Lipinski definition) is 2. The van der Waals surface area contributed by atoms with Crippen LogP contribution in [0.5, 0.6) is 0 Å². The number of nitrogens with zero attached hydrogens (tertiary/aromatic N) is 1. The number of rotatable bonds is 3. The Morgan fingerprint density at radius 2 is 2.24 bits per heavy atom. The van der Waals surface area contributed by atoms with Crippen molar-refractivity contribution < 1.29 is 4.79 Å². The highest BCUT2D eigenvalue weighted by Crippen LogP contribution is 2.37. The average molecular weight is 363 g/mol. The third kappa shape index (κ3) is 2.67. The summed E-state index contributed by atoms with van der Waals surface area (Å²) in [5.74, 6) is 0.216. The van der Waals surface area contributed by atoms with Gasteiger partial charge < -0.3 is 4.90 Å². The number of halogens is 1. The van der Waals surface area contributed by atoms with Crippen molar-refractivity contribution in [2.45, 2.75) is 33.1 Å². The molecule has 0 radical (unpaired) electrons. The van der Waals surface area contributed by atoms with Gasteiger partial charge in [0, 0.05) is 18.5 Å². The molecule has 1 aromatic heterocycles. The molecule has 0 aromatic carbocycles. The second-order valence-corrected chi connectivity index (χ2v) is 7.63. The maximum atomic E-state index is 12.3. The smallest absolute Gasteiger partial charge is 0.254 e. The summed E-state index contributed by atoms with van der Waals surface area (Å²) in [6.07, 6.45) is 3.51. The number of hydrogen-bond donors (Lipinski definition) is 0. The topological polar surface area (TPSA) is 20.3 Å². The first-order chi connectivity index (χ1) is 8.10. The van der Waals surface area contributed by atoms with E-state index in [0.717, 1.165) is 25.1 Å². The van der Waals surface area contributed by atoms with E-state index >= 15 is 0 Å². The minimum absolute atomic E-state index is 0.216. The van der Waals surface area contributed by atoms with Crippen molar-refractivity contribution in [1.82, 2.24) is 4.90 Å². The zero-order valence-corrected chi connectivity index (χ0v) is 13.3. The molecule has 17 heavy (non-hydrogen) atoms. The van der Waals surface area contributed by atoms with E-state index in [-0.39, 0.29) is 5.91 Å². The van der Waals surface area contributed by atoms with E-state index in [0.29, 0.717) is 5.41 Å². The van der Waals surface area contributed by atoms with Gasteiger partial charge in [-0.1, -0.05) is 13.8 Å². The van der Waals surface area contributed by atoms with Crippen molar-refractivity contribution in [2.24, 2.45) is 5.41 Å². The van der Waals surface area contributed by atoms with Crippen molar-refractivity contribution in [2.75, 3.05) is 13.1 Å².